The van der Waals surface area contributed by atoms with Gasteiger partial charge in [-0.05, 0) is 58.3 Å². The normalized spacial score (nSPS) is 33.4. The molecular formula is C19H33N5O3. The van der Waals surface area contributed by atoms with Gasteiger partial charge in [0.25, 0.3) is 5.91 Å². The van der Waals surface area contributed by atoms with E-state index in [2.05, 4.69) is 20.6 Å². The molecule has 1 amide bonds. The zero-order valence-electron chi connectivity index (χ0n) is 18.7. The van der Waals surface area contributed by atoms with Gasteiger partial charge < -0.3 is 26.2 Å². The van der Waals surface area contributed by atoms with Crippen molar-refractivity contribution in [3.63, 3.8) is 0 Å². The van der Waals surface area contributed by atoms with Gasteiger partial charge in [-0.15, -0.1) is 0 Å². The number of nitrogens with two attached hydrogens (primary N) is 1. The molecule has 0 aromatic carbocycles. The first-order chi connectivity index (χ1) is 14.0. The highest BCUT2D eigenvalue weighted by atomic mass is 16.5. The summed E-state index contributed by atoms with van der Waals surface area (Å²) in [4.78, 5) is 20.5. The van der Waals surface area contributed by atoms with Gasteiger partial charge in [-0.1, -0.05) is 0 Å². The van der Waals surface area contributed by atoms with Crippen molar-refractivity contribution in [3.05, 3.63) is 11.8 Å². The fourth-order valence-corrected chi connectivity index (χ4v) is 4.03. The largest absolute Gasteiger partial charge is 0.390 e. The van der Waals surface area contributed by atoms with Gasteiger partial charge in [-0.25, -0.2) is 4.98 Å². The van der Waals surface area contributed by atoms with Crippen molar-refractivity contribution < 1.29 is 20.2 Å². The number of methoxy groups -OCH3 is 1. The van der Waals surface area contributed by atoms with Gasteiger partial charge in [-0.2, -0.15) is 4.98 Å². The van der Waals surface area contributed by atoms with Gasteiger partial charge in [-0.3, -0.25) is 4.79 Å². The first-order valence-electron chi connectivity index (χ1n) is 11.1. The minimum absolute atomic E-state index is 0. The van der Waals surface area contributed by atoms with Crippen molar-refractivity contribution in [1.29, 1.82) is 0 Å². The Morgan fingerprint density at radius 1 is 1.37 bits per heavy atom. The van der Waals surface area contributed by atoms with Crippen molar-refractivity contribution in [2.45, 2.75) is 82.1 Å². The molecule has 2 aliphatic carbocycles. The summed E-state index contributed by atoms with van der Waals surface area (Å²) in [6.07, 6.45) is 6.93. The summed E-state index contributed by atoms with van der Waals surface area (Å²) in [6, 6.07) is 0.0752. The molecule has 8 nitrogen and oxygen atoms in total. The highest BCUT2D eigenvalue weighted by molar-refractivity contribution is 5.97. The molecule has 0 bridgehead atoms. The van der Waals surface area contributed by atoms with Gasteiger partial charge in [0.2, 0.25) is 5.95 Å². The van der Waals surface area contributed by atoms with Gasteiger partial charge in [0, 0.05) is 26.7 Å². The minimum Gasteiger partial charge on any atom is -0.390 e. The van der Waals surface area contributed by atoms with Gasteiger partial charge in [0.15, 0.2) is 0 Å². The number of carbonyl (C=O) groups excluding carboxylic acids is 1. The number of hydrogen-bond acceptors (Lipinski definition) is 7. The van der Waals surface area contributed by atoms with Gasteiger partial charge in [0.1, 0.15) is 5.82 Å². The van der Waals surface area contributed by atoms with Crippen molar-refractivity contribution >= 4 is 17.7 Å². The fourth-order valence-electron chi connectivity index (χ4n) is 4.03. The molecule has 8 heteroatoms. The Morgan fingerprint density at radius 2 is 2.15 bits per heavy atom. The number of hydrogen-bond donors (Lipinski definition) is 4. The molecule has 1 aromatic heterocycles. The number of primary amides is 1. The molecule has 3 rings (SSSR count). The molecule has 152 valence electrons. The maximum atomic E-state index is 11.8. The van der Waals surface area contributed by atoms with E-state index in [-0.39, 0.29) is 25.2 Å². The molecule has 2 saturated carbocycles. The molecule has 2 aliphatic rings. The molecule has 1 aromatic rings. The predicted molar refractivity (Wildman–Crippen MR) is 106 cm³/mol. The summed E-state index contributed by atoms with van der Waals surface area (Å²) in [5.41, 5.74) is 4.95. The lowest BCUT2D eigenvalue weighted by Gasteiger charge is -2.34. The number of nitrogens with one attached hydrogen (secondary N) is 2. The maximum absolute atomic E-state index is 11.8. The van der Waals surface area contributed by atoms with E-state index in [0.717, 1.165) is 32.1 Å². The molecule has 2 atom stereocenters. The molecular weight excluding hydrogens is 346 g/mol. The van der Waals surface area contributed by atoms with Crippen molar-refractivity contribution in [2.75, 3.05) is 17.7 Å². The first-order valence-corrected chi connectivity index (χ1v) is 9.61. The van der Waals surface area contributed by atoms with Crippen LogP contribution in [0.25, 0.3) is 0 Å². The van der Waals surface area contributed by atoms with Crippen LogP contribution in [-0.2, 0) is 4.74 Å². The van der Waals surface area contributed by atoms with E-state index in [4.69, 9.17) is 14.6 Å². The second-order valence-electron chi connectivity index (χ2n) is 7.99. The molecule has 0 saturated heterocycles. The maximum Gasteiger partial charge on any atom is 0.254 e. The molecule has 0 radical (unpaired) electrons. The average molecular weight is 383 g/mol. The van der Waals surface area contributed by atoms with Crippen LogP contribution < -0.4 is 16.4 Å². The molecule has 5 N–H and O–H groups in total. The molecule has 27 heavy (non-hydrogen) atoms. The van der Waals surface area contributed by atoms with E-state index < -0.39 is 18.5 Å². The van der Waals surface area contributed by atoms with Gasteiger partial charge >= 0.3 is 0 Å². The van der Waals surface area contributed by atoms with Crippen LogP contribution in [0.2, 0.25) is 0 Å². The molecule has 0 spiro atoms. The summed E-state index contributed by atoms with van der Waals surface area (Å²) in [5.74, 6) is 0.126. The van der Waals surface area contributed by atoms with Crippen LogP contribution in [0.15, 0.2) is 6.20 Å². The Balaban J connectivity index is 0.00000341. The number of rotatable bonds is 6. The lowest BCUT2D eigenvalue weighted by Crippen LogP contribution is -2.38. The Hall–Kier alpha value is -1.93. The molecule has 0 aliphatic heterocycles. The number of nitrogens with zero attached hydrogens (tertiary/aromatic N) is 2. The van der Waals surface area contributed by atoms with Crippen LogP contribution in [0.5, 0.6) is 0 Å². The smallest absolute Gasteiger partial charge is 0.254 e. The van der Waals surface area contributed by atoms with Crippen molar-refractivity contribution in [1.82, 2.24) is 9.97 Å². The minimum atomic E-state index is -2.37. The summed E-state index contributed by atoms with van der Waals surface area (Å²) >= 11 is 0. The molecule has 2 fully saturated rings. The van der Waals surface area contributed by atoms with E-state index in [1.54, 1.807) is 0 Å². The van der Waals surface area contributed by atoms with Crippen LogP contribution in [-0.4, -0.2) is 51.8 Å². The predicted octanol–water partition coefficient (Wildman–Crippen LogP) is 2.30. The Labute approximate surface area is 166 Å². The third-order valence-corrected chi connectivity index (χ3v) is 5.52. The van der Waals surface area contributed by atoms with E-state index in [9.17, 15) is 9.90 Å². The number of anilines is 2. The van der Waals surface area contributed by atoms with Crippen molar-refractivity contribution in [3.8, 4) is 0 Å². The number of amides is 1. The highest BCUT2D eigenvalue weighted by Gasteiger charge is 2.31. The van der Waals surface area contributed by atoms with Crippen LogP contribution in [0, 0.1) is 0 Å². The number of carbonyl (C=O) groups is 1. The summed E-state index contributed by atoms with van der Waals surface area (Å²) in [7, 11) is -2.37. The summed E-state index contributed by atoms with van der Waals surface area (Å²) in [5, 5.41) is 16.9. The van der Waals surface area contributed by atoms with Crippen LogP contribution >= 0.6 is 0 Å². The monoisotopic (exact) mass is 382 g/mol. The third kappa shape index (κ3) is 5.29. The summed E-state index contributed by atoms with van der Waals surface area (Å²) < 4.78 is 26.8. The second kappa shape index (κ2) is 8.39. The zero-order chi connectivity index (χ0) is 21.9. The second-order valence-corrected chi connectivity index (χ2v) is 7.99. The topological polar surface area (TPSA) is 122 Å². The highest BCUT2D eigenvalue weighted by Crippen LogP contribution is 2.30. The average Bonchev–Trinajstić information content (AvgIpc) is 2.61. The van der Waals surface area contributed by atoms with Crippen LogP contribution in [0.4, 0.5) is 11.8 Å². The number of aliphatic hydroxyl groups is 1. The van der Waals surface area contributed by atoms with Crippen molar-refractivity contribution in [2.24, 2.45) is 5.73 Å². The number of ether oxygens (including phenoxy) is 1. The summed E-state index contributed by atoms with van der Waals surface area (Å²) in [6.45, 7) is 1.81. The Bertz CT molecular complexity index is 755. The van der Waals surface area contributed by atoms with E-state index in [1.807, 2.05) is 6.92 Å². The van der Waals surface area contributed by atoms with E-state index >= 15 is 0 Å². The fraction of sp³-hybridized carbons (Fsp3) is 0.737. The van der Waals surface area contributed by atoms with Crippen LogP contribution in [0.1, 0.15) is 74.2 Å². The van der Waals surface area contributed by atoms with Crippen LogP contribution in [0.3, 0.4) is 0 Å². The van der Waals surface area contributed by atoms with Gasteiger partial charge in [0.05, 0.1) is 21.4 Å². The standard InChI is InChI=1S/C19H31N5O3.H2/c1-19(26)9-3-4-13(10-19)22-17-15(16(20)25)11-21-18(24-17)23-12-5-7-14(27-2)8-6-12;/h11-14,26H,3-10H2,1-2H3,(H2,20,25)(H2,21,22,23,24);1H/t12?,13?,14?,19-;/m0./s1/i2D3;. The third-order valence-electron chi connectivity index (χ3n) is 5.52. The Kier molecular flexibility index (Phi) is 4.99. The number of aromatic nitrogens is 2. The molecule has 1 unspecified atom stereocenters. The van der Waals surface area contributed by atoms with E-state index in [1.165, 1.54) is 6.20 Å². The zero-order valence-corrected chi connectivity index (χ0v) is 15.7. The SMILES string of the molecule is [2H]C([2H])([2H])OC1CCC(Nc2ncc(C(N)=O)c(NC3CCC[C@](C)(O)C3)n2)CC1.[HH]. The first kappa shape index (κ1) is 16.1. The lowest BCUT2D eigenvalue weighted by atomic mass is 9.83. The lowest BCUT2D eigenvalue weighted by molar-refractivity contribution is 0.0182. The van der Waals surface area contributed by atoms with E-state index in [0.29, 0.717) is 31.0 Å². The molecule has 1 heterocycles. The Morgan fingerprint density at radius 3 is 2.81 bits per heavy atom. The quantitative estimate of drug-likeness (QED) is 0.595.